The summed E-state index contributed by atoms with van der Waals surface area (Å²) in [4.78, 5) is 17.8. The van der Waals surface area contributed by atoms with Gasteiger partial charge in [0.2, 0.25) is 0 Å². The van der Waals surface area contributed by atoms with Crippen molar-refractivity contribution in [2.45, 2.75) is 0 Å². The van der Waals surface area contributed by atoms with E-state index in [1.54, 1.807) is 17.5 Å². The van der Waals surface area contributed by atoms with Gasteiger partial charge in [-0.1, -0.05) is 10.3 Å². The molecule has 0 spiro atoms. The topological polar surface area (TPSA) is 100 Å². The molecule has 27 heavy (non-hydrogen) atoms. The minimum atomic E-state index is -1.16. The Hall–Kier alpha value is -3.33. The number of aliphatic carboxylic acids is 1. The van der Waals surface area contributed by atoms with Crippen LogP contribution in [-0.4, -0.2) is 43.1 Å². The third-order valence-electron chi connectivity index (χ3n) is 3.69. The van der Waals surface area contributed by atoms with Gasteiger partial charge in [0.15, 0.2) is 17.3 Å². The molecule has 3 rings (SSSR count). The third kappa shape index (κ3) is 4.26. The summed E-state index contributed by atoms with van der Waals surface area (Å²) in [5.74, 6) is -0.00603. The van der Waals surface area contributed by atoms with Gasteiger partial charge in [0.25, 0.3) is 0 Å². The second kappa shape index (κ2) is 7.92. The Morgan fingerprint density at radius 3 is 2.67 bits per heavy atom. The molecule has 0 aliphatic rings. The number of carboxylic acids is 1. The first-order valence-corrected chi connectivity index (χ1v) is 8.80. The number of nitrogens with one attached hydrogen (secondary N) is 1. The van der Waals surface area contributed by atoms with E-state index in [1.807, 2.05) is 43.3 Å². The third-order valence-corrected chi connectivity index (χ3v) is 4.53. The zero-order valence-corrected chi connectivity index (χ0v) is 15.8. The molecule has 0 amide bonds. The number of thiophene rings is 1. The molecular formula is C18H18N4O4S. The average Bonchev–Trinajstić information content (AvgIpc) is 3.29. The van der Waals surface area contributed by atoms with Gasteiger partial charge in [-0.15, -0.1) is 11.3 Å². The molecule has 0 saturated heterocycles. The van der Waals surface area contributed by atoms with Crippen LogP contribution in [0.1, 0.15) is 5.56 Å². The summed E-state index contributed by atoms with van der Waals surface area (Å²) in [5.41, 5.74) is 2.28. The minimum Gasteiger partial charge on any atom is -0.476 e. The lowest BCUT2D eigenvalue weighted by molar-refractivity contribution is -0.129. The summed E-state index contributed by atoms with van der Waals surface area (Å²) in [6.07, 6.45) is 0. The van der Waals surface area contributed by atoms with Crippen LogP contribution in [0.4, 0.5) is 16.5 Å². The summed E-state index contributed by atoms with van der Waals surface area (Å²) in [5, 5.41) is 22.2. The molecule has 140 valence electrons. The first-order valence-electron chi connectivity index (χ1n) is 7.93. The molecule has 1 aromatic carbocycles. The van der Waals surface area contributed by atoms with E-state index in [-0.39, 0.29) is 5.71 Å². The van der Waals surface area contributed by atoms with Crippen LogP contribution >= 0.6 is 11.3 Å². The summed E-state index contributed by atoms with van der Waals surface area (Å²) in [7, 11) is 5.26. The van der Waals surface area contributed by atoms with E-state index in [2.05, 4.69) is 20.5 Å². The highest BCUT2D eigenvalue weighted by Gasteiger charge is 2.16. The summed E-state index contributed by atoms with van der Waals surface area (Å²) >= 11 is 1.33. The summed E-state index contributed by atoms with van der Waals surface area (Å²) < 4.78 is 5.39. The second-order valence-electron chi connectivity index (χ2n) is 5.77. The minimum absolute atomic E-state index is 0.163. The van der Waals surface area contributed by atoms with Crippen molar-refractivity contribution in [1.29, 1.82) is 0 Å². The maximum atomic E-state index is 11.2. The number of nitrogens with zero attached hydrogens (tertiary/aromatic N) is 3. The molecule has 0 aliphatic carbocycles. The van der Waals surface area contributed by atoms with Crippen molar-refractivity contribution in [2.75, 3.05) is 31.4 Å². The highest BCUT2D eigenvalue weighted by molar-refractivity contribution is 7.14. The van der Waals surface area contributed by atoms with Crippen molar-refractivity contribution in [3.8, 4) is 11.3 Å². The molecular weight excluding hydrogens is 368 g/mol. The fourth-order valence-electron chi connectivity index (χ4n) is 2.35. The lowest BCUT2D eigenvalue weighted by Gasteiger charge is -2.11. The Bertz CT molecular complexity index is 960. The lowest BCUT2D eigenvalue weighted by atomic mass is 10.1. The summed E-state index contributed by atoms with van der Waals surface area (Å²) in [6, 6.07) is 11.4. The quantitative estimate of drug-likeness (QED) is 0.472. The molecule has 0 saturated carbocycles. The zero-order valence-electron chi connectivity index (χ0n) is 15.0. The highest BCUT2D eigenvalue weighted by Crippen LogP contribution is 2.28. The van der Waals surface area contributed by atoms with E-state index in [0.29, 0.717) is 22.1 Å². The maximum Gasteiger partial charge on any atom is 0.358 e. The number of benzene rings is 1. The Balaban J connectivity index is 1.75. The van der Waals surface area contributed by atoms with Crippen molar-refractivity contribution in [3.05, 3.63) is 47.3 Å². The predicted molar refractivity (Wildman–Crippen MR) is 105 cm³/mol. The summed E-state index contributed by atoms with van der Waals surface area (Å²) in [6.45, 7) is 0. The number of oxime groups is 1. The standard InChI is InChI=1S/C18H18N4O4S/c1-22(2)13-6-4-11(5-7-13)14-9-15(20-26-14)19-16-8-12(10-27-16)17(18(23)24)21-25-3/h4-10H,1-3H3,(H,19,20)(H,23,24)/b21-17-. The maximum absolute atomic E-state index is 11.2. The van der Waals surface area contributed by atoms with Crippen LogP contribution in [0.5, 0.6) is 0 Å². The van der Waals surface area contributed by atoms with Crippen molar-refractivity contribution in [2.24, 2.45) is 5.16 Å². The molecule has 0 unspecified atom stereocenters. The predicted octanol–water partition coefficient (Wildman–Crippen LogP) is 3.65. The fraction of sp³-hybridized carbons (Fsp3) is 0.167. The molecule has 8 nitrogen and oxygen atoms in total. The molecule has 0 fully saturated rings. The van der Waals surface area contributed by atoms with Crippen LogP contribution in [0.2, 0.25) is 0 Å². The van der Waals surface area contributed by atoms with E-state index in [4.69, 9.17) is 4.52 Å². The van der Waals surface area contributed by atoms with Gasteiger partial charge >= 0.3 is 5.97 Å². The number of hydrogen-bond donors (Lipinski definition) is 2. The number of rotatable bonds is 7. The number of hydrogen-bond acceptors (Lipinski definition) is 8. The number of carboxylic acid groups (broad SMARTS) is 1. The van der Waals surface area contributed by atoms with Crippen LogP contribution in [0.15, 0.2) is 51.5 Å². The molecule has 2 heterocycles. The number of carbonyl (C=O) groups is 1. The first-order chi connectivity index (χ1) is 13.0. The van der Waals surface area contributed by atoms with Crippen molar-refractivity contribution < 1.29 is 19.3 Å². The van der Waals surface area contributed by atoms with Crippen LogP contribution < -0.4 is 10.2 Å². The van der Waals surface area contributed by atoms with Crippen molar-refractivity contribution in [1.82, 2.24) is 5.16 Å². The molecule has 2 aromatic heterocycles. The van der Waals surface area contributed by atoms with Gasteiger partial charge in [0.1, 0.15) is 7.11 Å². The van der Waals surface area contributed by atoms with Crippen molar-refractivity contribution >= 4 is 39.5 Å². The molecule has 3 aromatic rings. The monoisotopic (exact) mass is 386 g/mol. The van der Waals surface area contributed by atoms with E-state index in [9.17, 15) is 9.90 Å². The van der Waals surface area contributed by atoms with Gasteiger partial charge in [-0.2, -0.15) is 0 Å². The molecule has 0 bridgehead atoms. The second-order valence-corrected chi connectivity index (χ2v) is 6.68. The number of aromatic nitrogens is 1. The van der Waals surface area contributed by atoms with Gasteiger partial charge in [-0.25, -0.2) is 4.79 Å². The zero-order chi connectivity index (χ0) is 19.4. The van der Waals surface area contributed by atoms with E-state index in [0.717, 1.165) is 11.3 Å². The van der Waals surface area contributed by atoms with Crippen LogP contribution in [0.25, 0.3) is 11.3 Å². The van der Waals surface area contributed by atoms with Crippen LogP contribution in [0.3, 0.4) is 0 Å². The van der Waals surface area contributed by atoms with Crippen molar-refractivity contribution in [3.63, 3.8) is 0 Å². The van der Waals surface area contributed by atoms with Crippen LogP contribution in [0, 0.1) is 0 Å². The lowest BCUT2D eigenvalue weighted by Crippen LogP contribution is -2.13. The van der Waals surface area contributed by atoms with Gasteiger partial charge in [-0.05, 0) is 30.3 Å². The van der Waals surface area contributed by atoms with Gasteiger partial charge in [-0.3, -0.25) is 0 Å². The Morgan fingerprint density at radius 1 is 1.30 bits per heavy atom. The SMILES string of the molecule is CO/N=C(\C(=O)O)c1csc(Nc2cc(-c3ccc(N(C)C)cc3)on2)c1. The average molecular weight is 386 g/mol. The largest absolute Gasteiger partial charge is 0.476 e. The molecule has 0 atom stereocenters. The first kappa shape index (κ1) is 18.5. The van der Waals surface area contributed by atoms with E-state index >= 15 is 0 Å². The number of anilines is 3. The van der Waals surface area contributed by atoms with E-state index in [1.165, 1.54) is 18.4 Å². The molecule has 0 radical (unpaired) electrons. The normalized spacial score (nSPS) is 11.3. The highest BCUT2D eigenvalue weighted by atomic mass is 32.1. The van der Waals surface area contributed by atoms with E-state index < -0.39 is 5.97 Å². The Morgan fingerprint density at radius 2 is 2.04 bits per heavy atom. The Kier molecular flexibility index (Phi) is 5.41. The molecule has 0 aliphatic heterocycles. The van der Waals surface area contributed by atoms with Crippen LogP contribution in [-0.2, 0) is 9.63 Å². The molecule has 9 heteroatoms. The van der Waals surface area contributed by atoms with Gasteiger partial charge < -0.3 is 24.7 Å². The van der Waals surface area contributed by atoms with Gasteiger partial charge in [0, 0.05) is 42.4 Å². The Labute approximate surface area is 159 Å². The fourth-order valence-corrected chi connectivity index (χ4v) is 3.14. The smallest absolute Gasteiger partial charge is 0.358 e. The van der Waals surface area contributed by atoms with Gasteiger partial charge in [0.05, 0.1) is 5.00 Å². The molecule has 2 N–H and O–H groups in total.